The minimum atomic E-state index is -1.03. The molecule has 3 heterocycles. The molecule has 4 atom stereocenters. The van der Waals surface area contributed by atoms with Crippen molar-refractivity contribution in [1.82, 2.24) is 15.1 Å². The number of carbonyl (C=O) groups is 3. The van der Waals surface area contributed by atoms with Crippen LogP contribution in [-0.2, 0) is 14.4 Å². The van der Waals surface area contributed by atoms with Crippen LogP contribution >= 0.6 is 11.8 Å². The van der Waals surface area contributed by atoms with Crippen molar-refractivity contribution >= 4 is 29.5 Å². The van der Waals surface area contributed by atoms with Gasteiger partial charge in [0.2, 0.25) is 11.8 Å². The third kappa shape index (κ3) is 2.52. The maximum absolute atomic E-state index is 13.3. The number of phenolic OH excluding ortho intramolecular Hbond substituents is 1. The molecule has 0 radical (unpaired) electrons. The Hall–Kier alpha value is -2.26. The highest BCUT2D eigenvalue weighted by Crippen LogP contribution is 2.53. The van der Waals surface area contributed by atoms with Gasteiger partial charge in [-0.05, 0) is 45.4 Å². The summed E-state index contributed by atoms with van der Waals surface area (Å²) in [6.07, 6.45) is 0. The zero-order valence-electron chi connectivity index (χ0n) is 16.0. The fourth-order valence-corrected chi connectivity index (χ4v) is 6.18. The Labute approximate surface area is 166 Å². The van der Waals surface area contributed by atoms with Gasteiger partial charge in [-0.1, -0.05) is 12.1 Å². The summed E-state index contributed by atoms with van der Waals surface area (Å²) in [5, 5.41) is 22.0. The number of rotatable bonds is 3. The maximum Gasteiger partial charge on any atom is 0.327 e. The van der Waals surface area contributed by atoms with Crippen molar-refractivity contribution in [3.63, 3.8) is 0 Å². The molecule has 1 aromatic rings. The van der Waals surface area contributed by atoms with Crippen LogP contribution in [0.25, 0.3) is 0 Å². The van der Waals surface area contributed by atoms with Crippen LogP contribution in [0.5, 0.6) is 5.75 Å². The lowest BCUT2D eigenvalue weighted by molar-refractivity contribution is -0.170. The summed E-state index contributed by atoms with van der Waals surface area (Å²) in [5.41, 5.74) is -0.0808. The molecule has 3 saturated heterocycles. The molecule has 0 spiro atoms. The average Bonchev–Trinajstić information content (AvgIpc) is 2.98. The van der Waals surface area contributed by atoms with Crippen molar-refractivity contribution in [3.8, 4) is 5.75 Å². The first-order valence-corrected chi connectivity index (χ1v) is 9.96. The molecule has 0 aliphatic carbocycles. The van der Waals surface area contributed by atoms with Crippen molar-refractivity contribution in [2.24, 2.45) is 0 Å². The number of β-lactam (4-membered cyclic amide) rings is 1. The number of phenols is 1. The highest BCUT2D eigenvalue weighted by Gasteiger charge is 2.68. The summed E-state index contributed by atoms with van der Waals surface area (Å²) in [4.78, 5) is 40.9. The van der Waals surface area contributed by atoms with E-state index in [2.05, 4.69) is 5.32 Å². The van der Waals surface area contributed by atoms with Gasteiger partial charge < -0.3 is 20.0 Å². The molecule has 8 nitrogen and oxygen atoms in total. The van der Waals surface area contributed by atoms with Crippen LogP contribution in [0, 0.1) is 0 Å². The normalized spacial score (nSPS) is 33.0. The largest absolute Gasteiger partial charge is 0.508 e. The summed E-state index contributed by atoms with van der Waals surface area (Å²) in [7, 11) is 0. The van der Waals surface area contributed by atoms with Gasteiger partial charge in [0.25, 0.3) is 0 Å². The number of carboxylic acid groups (broad SMARTS) is 1. The third-order valence-corrected chi connectivity index (χ3v) is 7.29. The van der Waals surface area contributed by atoms with E-state index in [0.717, 1.165) is 0 Å². The number of amides is 2. The summed E-state index contributed by atoms with van der Waals surface area (Å²) in [6.45, 7) is 7.29. The number of carboxylic acids is 1. The van der Waals surface area contributed by atoms with Gasteiger partial charge in [0, 0.05) is 4.75 Å². The van der Waals surface area contributed by atoms with Crippen molar-refractivity contribution in [3.05, 3.63) is 29.8 Å². The highest BCUT2D eigenvalue weighted by atomic mass is 32.2. The van der Waals surface area contributed by atoms with Gasteiger partial charge in [-0.25, -0.2) is 4.79 Å². The lowest BCUT2D eigenvalue weighted by atomic mass is 9.94. The number of thioether (sulfide) groups is 1. The van der Waals surface area contributed by atoms with Gasteiger partial charge in [-0.2, -0.15) is 0 Å². The Morgan fingerprint density at radius 3 is 2.29 bits per heavy atom. The molecule has 2 unspecified atom stereocenters. The first kappa shape index (κ1) is 19.1. The molecule has 9 heteroatoms. The quantitative estimate of drug-likeness (QED) is 0.646. The molecule has 28 heavy (non-hydrogen) atoms. The van der Waals surface area contributed by atoms with E-state index in [4.69, 9.17) is 0 Å². The molecule has 0 saturated carbocycles. The van der Waals surface area contributed by atoms with Crippen molar-refractivity contribution in [1.29, 1.82) is 0 Å². The van der Waals surface area contributed by atoms with E-state index >= 15 is 0 Å². The number of hydrogen-bond acceptors (Lipinski definition) is 6. The smallest absolute Gasteiger partial charge is 0.327 e. The Bertz CT molecular complexity index is 869. The first-order chi connectivity index (χ1) is 13.0. The number of hydrogen-bond donors (Lipinski definition) is 3. The third-order valence-electron chi connectivity index (χ3n) is 5.74. The fraction of sp³-hybridized carbons (Fsp3) is 0.526. The van der Waals surface area contributed by atoms with Crippen LogP contribution < -0.4 is 5.32 Å². The number of benzene rings is 1. The Balaban J connectivity index is 1.64. The van der Waals surface area contributed by atoms with E-state index in [1.807, 2.05) is 27.7 Å². The van der Waals surface area contributed by atoms with E-state index < -0.39 is 34.5 Å². The molecule has 3 N–H and O–H groups in total. The molecular formula is C19H23N3O5S. The number of aromatic hydroxyl groups is 1. The summed E-state index contributed by atoms with van der Waals surface area (Å²) >= 11 is 1.42. The topological polar surface area (TPSA) is 110 Å². The second kappa shape index (κ2) is 5.87. The standard InChI is InChI=1S/C19H23N3O5S/c1-18(2)13(17(26)27)21-15(25)12(16(21)28-18)22-14(24)11(20-19(22,3)4)9-5-7-10(23)8-6-9/h5-8,11-13,16,20,23H,1-4H3,(H,26,27)/t11?,12?,13-,16+/m0/s1. The molecular weight excluding hydrogens is 382 g/mol. The van der Waals surface area contributed by atoms with Crippen LogP contribution in [0.1, 0.15) is 39.3 Å². The molecule has 2 amide bonds. The number of fused-ring (bicyclic) bond motifs is 1. The second-order valence-corrected chi connectivity index (χ2v) is 10.3. The SMILES string of the molecule is CC1(C)S[C@@H]2C(N3C(=O)C(c4ccc(O)cc4)NC3(C)C)C(=O)N2[C@H]1C(=O)O. The number of nitrogens with one attached hydrogen (secondary N) is 1. The van der Waals surface area contributed by atoms with Crippen molar-refractivity contribution < 1.29 is 24.6 Å². The Morgan fingerprint density at radius 1 is 1.11 bits per heavy atom. The minimum absolute atomic E-state index is 0.111. The Kier molecular flexibility index (Phi) is 4.00. The predicted octanol–water partition coefficient (Wildman–Crippen LogP) is 1.12. The zero-order valence-corrected chi connectivity index (χ0v) is 16.9. The minimum Gasteiger partial charge on any atom is -0.508 e. The van der Waals surface area contributed by atoms with Crippen LogP contribution in [-0.4, -0.2) is 65.7 Å². The van der Waals surface area contributed by atoms with Crippen LogP contribution in [0.4, 0.5) is 0 Å². The summed E-state index contributed by atoms with van der Waals surface area (Å²) in [6, 6.07) is 4.14. The van der Waals surface area contributed by atoms with Gasteiger partial charge in [-0.3, -0.25) is 14.9 Å². The lowest BCUT2D eigenvalue weighted by Crippen LogP contribution is -2.73. The second-order valence-electron chi connectivity index (χ2n) is 8.48. The van der Waals surface area contributed by atoms with Gasteiger partial charge in [-0.15, -0.1) is 11.8 Å². The average molecular weight is 405 g/mol. The van der Waals surface area contributed by atoms with Gasteiger partial charge >= 0.3 is 5.97 Å². The van der Waals surface area contributed by atoms with Crippen molar-refractivity contribution in [2.45, 2.75) is 61.6 Å². The van der Waals surface area contributed by atoms with Crippen molar-refractivity contribution in [2.75, 3.05) is 0 Å². The molecule has 3 aliphatic heterocycles. The van der Waals surface area contributed by atoms with Gasteiger partial charge in [0.15, 0.2) is 0 Å². The molecule has 3 fully saturated rings. The number of nitrogens with zero attached hydrogens (tertiary/aromatic N) is 2. The predicted molar refractivity (Wildman–Crippen MR) is 102 cm³/mol. The van der Waals surface area contributed by atoms with E-state index in [0.29, 0.717) is 5.56 Å². The van der Waals surface area contributed by atoms with Gasteiger partial charge in [0.05, 0.1) is 5.66 Å². The van der Waals surface area contributed by atoms with Gasteiger partial charge in [0.1, 0.15) is 29.2 Å². The van der Waals surface area contributed by atoms with Crippen LogP contribution in [0.2, 0.25) is 0 Å². The first-order valence-electron chi connectivity index (χ1n) is 9.08. The van der Waals surface area contributed by atoms with Crippen LogP contribution in [0.15, 0.2) is 24.3 Å². The maximum atomic E-state index is 13.3. The Morgan fingerprint density at radius 2 is 1.71 bits per heavy atom. The van der Waals surface area contributed by atoms with E-state index in [1.165, 1.54) is 28.8 Å². The number of carbonyl (C=O) groups excluding carboxylic acids is 2. The summed E-state index contributed by atoms with van der Waals surface area (Å²) < 4.78 is -0.641. The molecule has 1 aromatic carbocycles. The molecule has 150 valence electrons. The summed E-state index contributed by atoms with van der Waals surface area (Å²) in [5.74, 6) is -1.48. The molecule has 3 aliphatic rings. The monoisotopic (exact) mass is 405 g/mol. The molecule has 0 aromatic heterocycles. The lowest BCUT2D eigenvalue weighted by Gasteiger charge is -2.50. The molecule has 0 bridgehead atoms. The zero-order chi connectivity index (χ0) is 20.6. The van der Waals surface area contributed by atoms with E-state index in [1.54, 1.807) is 17.0 Å². The number of aliphatic carboxylic acids is 1. The van der Waals surface area contributed by atoms with E-state index in [9.17, 15) is 24.6 Å². The van der Waals surface area contributed by atoms with Crippen LogP contribution in [0.3, 0.4) is 0 Å². The molecule has 4 rings (SSSR count). The van der Waals surface area contributed by atoms with E-state index in [-0.39, 0.29) is 22.9 Å². The fourth-order valence-electron chi connectivity index (χ4n) is 4.51. The highest BCUT2D eigenvalue weighted by molar-refractivity contribution is 8.01.